The van der Waals surface area contributed by atoms with Gasteiger partial charge in [0.05, 0.1) is 10.6 Å². The molecule has 0 radical (unpaired) electrons. The molecule has 6 heteroatoms. The lowest BCUT2D eigenvalue weighted by atomic mass is 10.1. The predicted octanol–water partition coefficient (Wildman–Crippen LogP) is 5.48. The number of benzene rings is 3. The molecule has 5 nitrogen and oxygen atoms in total. The third-order valence-electron chi connectivity index (χ3n) is 5.17. The topological polar surface area (TPSA) is 80.5 Å². The Bertz CT molecular complexity index is 1120. The van der Waals surface area contributed by atoms with Crippen molar-refractivity contribution in [2.24, 2.45) is 16.5 Å². The summed E-state index contributed by atoms with van der Waals surface area (Å²) in [6.45, 7) is 3.77. The van der Waals surface area contributed by atoms with Crippen LogP contribution in [-0.4, -0.2) is 10.9 Å². The average Bonchev–Trinajstić information content (AvgIpc) is 3.22. The van der Waals surface area contributed by atoms with Crippen LogP contribution >= 0.6 is 11.3 Å². The summed E-state index contributed by atoms with van der Waals surface area (Å²) in [7, 11) is 0. The van der Waals surface area contributed by atoms with Gasteiger partial charge in [-0.25, -0.2) is 4.98 Å². The van der Waals surface area contributed by atoms with Crippen LogP contribution in [0.4, 0.5) is 10.8 Å². The molecule has 0 amide bonds. The highest BCUT2D eigenvalue weighted by Crippen LogP contribution is 2.36. The Morgan fingerprint density at radius 2 is 1.41 bits per heavy atom. The van der Waals surface area contributed by atoms with Gasteiger partial charge in [-0.05, 0) is 35.2 Å². The van der Waals surface area contributed by atoms with Crippen molar-refractivity contribution in [3.05, 3.63) is 102 Å². The lowest BCUT2D eigenvalue weighted by molar-refractivity contribution is 0.800. The second kappa shape index (κ2) is 10.1. The largest absolute Gasteiger partial charge is 0.370 e. The minimum Gasteiger partial charge on any atom is -0.370 e. The van der Waals surface area contributed by atoms with Crippen LogP contribution in [0.15, 0.2) is 89.9 Å². The quantitative estimate of drug-likeness (QED) is 0.280. The minimum atomic E-state index is 0.0285. The number of anilines is 1. The number of thiazole rings is 1. The normalized spacial score (nSPS) is 10.7. The molecule has 4 N–H and O–H groups in total. The molecule has 3 aromatic carbocycles. The summed E-state index contributed by atoms with van der Waals surface area (Å²) in [4.78, 5) is 12.2. The van der Waals surface area contributed by atoms with Crippen molar-refractivity contribution in [2.45, 2.75) is 26.4 Å². The Labute approximate surface area is 193 Å². The van der Waals surface area contributed by atoms with Crippen LogP contribution in [-0.2, 0) is 19.5 Å². The van der Waals surface area contributed by atoms with Gasteiger partial charge in [-0.3, -0.25) is 0 Å². The highest BCUT2D eigenvalue weighted by Gasteiger charge is 2.14. The first-order chi connectivity index (χ1) is 15.6. The van der Waals surface area contributed by atoms with Crippen LogP contribution in [0.2, 0.25) is 0 Å². The fraction of sp³-hybridized carbons (Fsp3) is 0.154. The van der Waals surface area contributed by atoms with Gasteiger partial charge >= 0.3 is 0 Å². The molecular weight excluding hydrogens is 414 g/mol. The van der Waals surface area contributed by atoms with Crippen molar-refractivity contribution >= 4 is 28.1 Å². The number of aromatic nitrogens is 1. The lowest BCUT2D eigenvalue weighted by Crippen LogP contribution is -2.22. The maximum Gasteiger partial charge on any atom is 0.213 e. The highest BCUT2D eigenvalue weighted by atomic mass is 32.1. The number of rotatable bonds is 8. The Balaban J connectivity index is 1.63. The van der Waals surface area contributed by atoms with Gasteiger partial charge in [0.25, 0.3) is 0 Å². The average molecular weight is 442 g/mol. The Morgan fingerprint density at radius 1 is 0.844 bits per heavy atom. The van der Waals surface area contributed by atoms with Crippen LogP contribution in [0.1, 0.15) is 23.7 Å². The van der Waals surface area contributed by atoms with Crippen molar-refractivity contribution < 1.29 is 0 Å². The van der Waals surface area contributed by atoms with Gasteiger partial charge in [0.1, 0.15) is 0 Å². The minimum absolute atomic E-state index is 0.0285. The van der Waals surface area contributed by atoms with Crippen molar-refractivity contribution in [1.29, 1.82) is 0 Å². The standard InChI is InChI=1S/C26H27N5S/c1-2-23-24(32-26(29-23)30-25(27)28)21-13-15-22(16-14-21)31(17-19-9-5-3-6-10-19)18-20-11-7-4-8-12-20/h3-16H,2,17-18H2,1H3,(H4,27,28,29,30). The fourth-order valence-electron chi connectivity index (χ4n) is 3.63. The van der Waals surface area contributed by atoms with E-state index in [-0.39, 0.29) is 5.96 Å². The number of hydrogen-bond acceptors (Lipinski definition) is 4. The summed E-state index contributed by atoms with van der Waals surface area (Å²) in [5.41, 5.74) is 16.9. The molecule has 0 fully saturated rings. The van der Waals surface area contributed by atoms with Gasteiger partial charge < -0.3 is 16.4 Å². The summed E-state index contributed by atoms with van der Waals surface area (Å²) in [5, 5.41) is 0.593. The van der Waals surface area contributed by atoms with Crippen molar-refractivity contribution in [3.63, 3.8) is 0 Å². The maximum atomic E-state index is 5.53. The molecular formula is C26H27N5S. The summed E-state index contributed by atoms with van der Waals surface area (Å²) in [5.74, 6) is 0.0285. The zero-order chi connectivity index (χ0) is 22.3. The maximum absolute atomic E-state index is 5.53. The van der Waals surface area contributed by atoms with Crippen LogP contribution in [0.25, 0.3) is 10.4 Å². The van der Waals surface area contributed by atoms with Gasteiger partial charge in [-0.2, -0.15) is 4.99 Å². The second-order valence-corrected chi connectivity index (χ2v) is 8.51. The molecule has 1 aromatic heterocycles. The van der Waals surface area contributed by atoms with Crippen LogP contribution in [0.5, 0.6) is 0 Å². The van der Waals surface area contributed by atoms with Gasteiger partial charge in [-0.1, -0.05) is 91.1 Å². The smallest absolute Gasteiger partial charge is 0.213 e. The van der Waals surface area contributed by atoms with E-state index < -0.39 is 0 Å². The van der Waals surface area contributed by atoms with E-state index in [1.54, 1.807) is 0 Å². The van der Waals surface area contributed by atoms with E-state index in [0.717, 1.165) is 35.6 Å². The summed E-state index contributed by atoms with van der Waals surface area (Å²) >= 11 is 1.51. The van der Waals surface area contributed by atoms with Crippen molar-refractivity contribution in [1.82, 2.24) is 4.98 Å². The molecule has 162 valence electrons. The molecule has 4 aromatic rings. The Kier molecular flexibility index (Phi) is 6.82. The van der Waals surface area contributed by atoms with Gasteiger partial charge in [0.2, 0.25) is 5.13 Å². The fourth-order valence-corrected chi connectivity index (χ4v) is 4.68. The number of nitrogens with zero attached hydrogens (tertiary/aromatic N) is 3. The second-order valence-electron chi connectivity index (χ2n) is 7.54. The monoisotopic (exact) mass is 441 g/mol. The van der Waals surface area contributed by atoms with Crippen LogP contribution in [0.3, 0.4) is 0 Å². The molecule has 0 aliphatic heterocycles. The van der Waals surface area contributed by atoms with E-state index in [1.807, 2.05) is 0 Å². The van der Waals surface area contributed by atoms with E-state index >= 15 is 0 Å². The molecule has 0 saturated heterocycles. The van der Waals surface area contributed by atoms with Crippen molar-refractivity contribution in [2.75, 3.05) is 4.90 Å². The van der Waals surface area contributed by atoms with E-state index in [1.165, 1.54) is 28.2 Å². The molecule has 0 unspecified atom stereocenters. The number of guanidine groups is 1. The number of nitrogens with two attached hydrogens (primary N) is 2. The summed E-state index contributed by atoms with van der Waals surface area (Å²) in [6, 6.07) is 29.8. The summed E-state index contributed by atoms with van der Waals surface area (Å²) < 4.78 is 0. The highest BCUT2D eigenvalue weighted by molar-refractivity contribution is 7.18. The van der Waals surface area contributed by atoms with E-state index in [2.05, 4.69) is 107 Å². The number of aryl methyl sites for hydroxylation is 1. The molecule has 4 rings (SSSR count). The molecule has 1 heterocycles. The Morgan fingerprint density at radius 3 is 1.91 bits per heavy atom. The molecule has 0 bridgehead atoms. The SMILES string of the molecule is CCc1nc(N=C(N)N)sc1-c1ccc(N(Cc2ccccc2)Cc2ccccc2)cc1. The van der Waals surface area contributed by atoms with E-state index in [9.17, 15) is 0 Å². The van der Waals surface area contributed by atoms with E-state index in [4.69, 9.17) is 11.5 Å². The lowest BCUT2D eigenvalue weighted by Gasteiger charge is -2.25. The summed E-state index contributed by atoms with van der Waals surface area (Å²) in [6.07, 6.45) is 0.821. The number of aliphatic imine (C=N–C) groups is 1. The first kappa shape index (κ1) is 21.6. The van der Waals surface area contributed by atoms with Crippen molar-refractivity contribution in [3.8, 4) is 10.4 Å². The predicted molar refractivity (Wildman–Crippen MR) is 135 cm³/mol. The molecule has 0 aliphatic rings. The van der Waals surface area contributed by atoms with Gasteiger partial charge in [-0.15, -0.1) is 0 Å². The molecule has 32 heavy (non-hydrogen) atoms. The van der Waals surface area contributed by atoms with Crippen LogP contribution < -0.4 is 16.4 Å². The molecule has 0 aliphatic carbocycles. The third-order valence-corrected chi connectivity index (χ3v) is 6.21. The van der Waals surface area contributed by atoms with E-state index in [0.29, 0.717) is 5.13 Å². The Hall–Kier alpha value is -3.64. The number of hydrogen-bond donors (Lipinski definition) is 2. The first-order valence-electron chi connectivity index (χ1n) is 10.6. The van der Waals surface area contributed by atoms with Gasteiger partial charge in [0, 0.05) is 18.8 Å². The van der Waals surface area contributed by atoms with Gasteiger partial charge in [0.15, 0.2) is 5.96 Å². The molecule has 0 atom stereocenters. The zero-order valence-corrected chi connectivity index (χ0v) is 18.9. The van der Waals surface area contributed by atoms with Crippen LogP contribution in [0, 0.1) is 0 Å². The molecule has 0 saturated carbocycles. The molecule has 0 spiro atoms. The zero-order valence-electron chi connectivity index (χ0n) is 18.1. The third kappa shape index (κ3) is 5.34. The first-order valence-corrected chi connectivity index (χ1v) is 11.5.